The van der Waals surface area contributed by atoms with Crippen LogP contribution in [-0.4, -0.2) is 66.4 Å². The molecule has 0 unspecified atom stereocenters. The molecule has 0 radical (unpaired) electrons. The summed E-state index contributed by atoms with van der Waals surface area (Å²) in [7, 11) is 0. The van der Waals surface area contributed by atoms with Crippen LogP contribution in [0.2, 0.25) is 0 Å². The molecule has 3 heterocycles. The van der Waals surface area contributed by atoms with Crippen molar-refractivity contribution >= 4 is 17.7 Å². The molecular formula is C20H22F3N5O2. The van der Waals surface area contributed by atoms with E-state index in [0.717, 1.165) is 43.8 Å². The van der Waals surface area contributed by atoms with Crippen LogP contribution >= 0.6 is 0 Å². The van der Waals surface area contributed by atoms with Gasteiger partial charge in [0, 0.05) is 51.0 Å². The second kappa shape index (κ2) is 8.37. The Kier molecular flexibility index (Phi) is 5.65. The van der Waals surface area contributed by atoms with Gasteiger partial charge in [0.1, 0.15) is 11.6 Å². The monoisotopic (exact) mass is 421 g/mol. The first-order valence-corrected chi connectivity index (χ1v) is 9.87. The fourth-order valence-corrected chi connectivity index (χ4v) is 3.73. The highest BCUT2D eigenvalue weighted by Crippen LogP contribution is 2.24. The van der Waals surface area contributed by atoms with Crippen molar-refractivity contribution in [3.05, 3.63) is 42.1 Å². The summed E-state index contributed by atoms with van der Waals surface area (Å²) in [6.07, 6.45) is -0.758. The SMILES string of the molecule is O=C(c1cccc(OC(F)(F)F)c1)N1CCN(c2ccnc(N3CCCC3)n2)CC1. The van der Waals surface area contributed by atoms with Crippen molar-refractivity contribution in [2.45, 2.75) is 19.2 Å². The number of piperazine rings is 1. The van der Waals surface area contributed by atoms with Gasteiger partial charge in [-0.05, 0) is 37.1 Å². The molecule has 1 amide bonds. The molecule has 160 valence electrons. The average Bonchev–Trinajstić information content (AvgIpc) is 3.27. The number of benzene rings is 1. The van der Waals surface area contributed by atoms with E-state index >= 15 is 0 Å². The lowest BCUT2D eigenvalue weighted by molar-refractivity contribution is -0.274. The number of rotatable bonds is 4. The molecule has 1 aromatic heterocycles. The van der Waals surface area contributed by atoms with Crippen molar-refractivity contribution < 1.29 is 22.7 Å². The molecule has 2 aromatic rings. The van der Waals surface area contributed by atoms with Gasteiger partial charge in [-0.2, -0.15) is 4.98 Å². The first-order chi connectivity index (χ1) is 14.4. The Morgan fingerprint density at radius 2 is 1.70 bits per heavy atom. The predicted octanol–water partition coefficient (Wildman–Crippen LogP) is 2.94. The maximum absolute atomic E-state index is 12.7. The van der Waals surface area contributed by atoms with Crippen molar-refractivity contribution in [2.75, 3.05) is 49.1 Å². The van der Waals surface area contributed by atoms with Crippen molar-refractivity contribution in [1.29, 1.82) is 0 Å². The van der Waals surface area contributed by atoms with Crippen molar-refractivity contribution in [3.8, 4) is 5.75 Å². The summed E-state index contributed by atoms with van der Waals surface area (Å²) in [6.45, 7) is 3.99. The zero-order chi connectivity index (χ0) is 21.1. The summed E-state index contributed by atoms with van der Waals surface area (Å²) >= 11 is 0. The normalized spacial score (nSPS) is 17.4. The Bertz CT molecular complexity index is 894. The molecule has 4 rings (SSSR count). The molecule has 0 spiro atoms. The van der Waals surface area contributed by atoms with Gasteiger partial charge in [0.2, 0.25) is 5.95 Å². The molecule has 0 saturated carbocycles. The van der Waals surface area contributed by atoms with Gasteiger partial charge in [-0.3, -0.25) is 4.79 Å². The van der Waals surface area contributed by atoms with E-state index in [-0.39, 0.29) is 11.5 Å². The van der Waals surface area contributed by atoms with Crippen LogP contribution in [0.25, 0.3) is 0 Å². The highest BCUT2D eigenvalue weighted by Gasteiger charge is 2.31. The van der Waals surface area contributed by atoms with Crippen LogP contribution < -0.4 is 14.5 Å². The third-order valence-corrected chi connectivity index (χ3v) is 5.22. The summed E-state index contributed by atoms with van der Waals surface area (Å²) in [6, 6.07) is 7.02. The molecule has 2 aliphatic rings. The first kappa shape index (κ1) is 20.2. The maximum Gasteiger partial charge on any atom is 0.573 e. The average molecular weight is 421 g/mol. The number of amides is 1. The van der Waals surface area contributed by atoms with Crippen LogP contribution in [0.5, 0.6) is 5.75 Å². The number of carbonyl (C=O) groups is 1. The minimum atomic E-state index is -4.79. The van der Waals surface area contributed by atoms with E-state index in [1.807, 2.05) is 6.07 Å². The fourth-order valence-electron chi connectivity index (χ4n) is 3.73. The predicted molar refractivity (Wildman–Crippen MR) is 105 cm³/mol. The largest absolute Gasteiger partial charge is 0.573 e. The number of hydrogen-bond donors (Lipinski definition) is 0. The summed E-state index contributed by atoms with van der Waals surface area (Å²) < 4.78 is 41.2. The van der Waals surface area contributed by atoms with Crippen molar-refractivity contribution in [1.82, 2.24) is 14.9 Å². The van der Waals surface area contributed by atoms with Crippen LogP contribution in [0.4, 0.5) is 24.9 Å². The van der Waals surface area contributed by atoms with E-state index in [2.05, 4.69) is 24.5 Å². The molecule has 30 heavy (non-hydrogen) atoms. The summed E-state index contributed by atoms with van der Waals surface area (Å²) in [4.78, 5) is 27.6. The zero-order valence-corrected chi connectivity index (χ0v) is 16.3. The number of halogens is 3. The minimum absolute atomic E-state index is 0.170. The van der Waals surface area contributed by atoms with E-state index in [1.54, 1.807) is 11.1 Å². The smallest absolute Gasteiger partial charge is 0.406 e. The number of ether oxygens (including phenoxy) is 1. The van der Waals surface area contributed by atoms with E-state index in [1.165, 1.54) is 18.2 Å². The lowest BCUT2D eigenvalue weighted by atomic mass is 10.1. The third-order valence-electron chi connectivity index (χ3n) is 5.22. The molecule has 0 aliphatic carbocycles. The molecular weight excluding hydrogens is 399 g/mol. The van der Waals surface area contributed by atoms with Gasteiger partial charge >= 0.3 is 6.36 Å². The van der Waals surface area contributed by atoms with Gasteiger partial charge < -0.3 is 19.4 Å². The van der Waals surface area contributed by atoms with Gasteiger partial charge in [0.15, 0.2) is 0 Å². The Morgan fingerprint density at radius 3 is 2.40 bits per heavy atom. The molecule has 2 saturated heterocycles. The molecule has 0 N–H and O–H groups in total. The second-order valence-corrected chi connectivity index (χ2v) is 7.26. The van der Waals surface area contributed by atoms with Crippen LogP contribution in [0.15, 0.2) is 36.5 Å². The number of anilines is 2. The molecule has 10 heteroatoms. The minimum Gasteiger partial charge on any atom is -0.406 e. The molecule has 0 atom stereocenters. The third kappa shape index (κ3) is 4.74. The van der Waals surface area contributed by atoms with Crippen LogP contribution in [0, 0.1) is 0 Å². The van der Waals surface area contributed by atoms with E-state index in [9.17, 15) is 18.0 Å². The summed E-state index contributed by atoms with van der Waals surface area (Å²) in [5.41, 5.74) is 0.170. The Hall–Kier alpha value is -3.04. The van der Waals surface area contributed by atoms with Crippen molar-refractivity contribution in [2.24, 2.45) is 0 Å². The van der Waals surface area contributed by atoms with Gasteiger partial charge in [0.05, 0.1) is 0 Å². The highest BCUT2D eigenvalue weighted by molar-refractivity contribution is 5.94. The fraction of sp³-hybridized carbons (Fsp3) is 0.450. The van der Waals surface area contributed by atoms with Gasteiger partial charge in [0.25, 0.3) is 5.91 Å². The van der Waals surface area contributed by atoms with E-state index in [4.69, 9.17) is 0 Å². The summed E-state index contributed by atoms with van der Waals surface area (Å²) in [5.74, 6) is 0.828. The lowest BCUT2D eigenvalue weighted by Crippen LogP contribution is -2.49. The molecule has 2 fully saturated rings. The van der Waals surface area contributed by atoms with Crippen molar-refractivity contribution in [3.63, 3.8) is 0 Å². The maximum atomic E-state index is 12.7. The number of alkyl halides is 3. The molecule has 1 aromatic carbocycles. The molecule has 0 bridgehead atoms. The number of nitrogens with zero attached hydrogens (tertiary/aromatic N) is 5. The van der Waals surface area contributed by atoms with E-state index < -0.39 is 12.1 Å². The van der Waals surface area contributed by atoms with Gasteiger partial charge in [-0.25, -0.2) is 4.98 Å². The molecule has 2 aliphatic heterocycles. The Labute approximate surface area is 172 Å². The topological polar surface area (TPSA) is 61.8 Å². The number of hydrogen-bond acceptors (Lipinski definition) is 6. The number of aromatic nitrogens is 2. The van der Waals surface area contributed by atoms with Gasteiger partial charge in [-0.1, -0.05) is 6.07 Å². The van der Waals surface area contributed by atoms with Gasteiger partial charge in [-0.15, -0.1) is 13.2 Å². The zero-order valence-electron chi connectivity index (χ0n) is 16.3. The standard InChI is InChI=1S/C20H22F3N5O2/c21-20(22,23)30-16-5-3-4-15(14-16)18(29)27-12-10-26(11-13-27)17-6-7-24-19(25-17)28-8-1-2-9-28/h3-7,14H,1-2,8-13H2. The van der Waals surface area contributed by atoms with Crippen LogP contribution in [0.1, 0.15) is 23.2 Å². The Balaban J connectivity index is 1.38. The summed E-state index contributed by atoms with van der Waals surface area (Å²) in [5, 5.41) is 0. The lowest BCUT2D eigenvalue weighted by Gasteiger charge is -2.35. The first-order valence-electron chi connectivity index (χ1n) is 9.87. The molecule has 7 nitrogen and oxygen atoms in total. The highest BCUT2D eigenvalue weighted by atomic mass is 19.4. The van der Waals surface area contributed by atoms with Crippen LogP contribution in [-0.2, 0) is 0 Å². The van der Waals surface area contributed by atoms with Crippen LogP contribution in [0.3, 0.4) is 0 Å². The Morgan fingerprint density at radius 1 is 0.967 bits per heavy atom. The quantitative estimate of drug-likeness (QED) is 0.757. The van der Waals surface area contributed by atoms with E-state index in [0.29, 0.717) is 26.2 Å². The second-order valence-electron chi connectivity index (χ2n) is 7.26. The number of carbonyl (C=O) groups excluding carboxylic acids is 1.